The van der Waals surface area contributed by atoms with Crippen molar-refractivity contribution in [3.05, 3.63) is 54.0 Å². The summed E-state index contributed by atoms with van der Waals surface area (Å²) in [6.07, 6.45) is 0.647. The Labute approximate surface area is 195 Å². The van der Waals surface area contributed by atoms with E-state index < -0.39 is 46.7 Å². The molecule has 0 saturated heterocycles. The van der Waals surface area contributed by atoms with Crippen LogP contribution in [-0.4, -0.2) is 58.7 Å². The van der Waals surface area contributed by atoms with Gasteiger partial charge in [0.2, 0.25) is 0 Å². The Kier molecular flexibility index (Phi) is 7.06. The van der Waals surface area contributed by atoms with Gasteiger partial charge in [0, 0.05) is 5.57 Å². The number of carbonyl (C=O) groups excluding carboxylic acids is 1. The van der Waals surface area contributed by atoms with E-state index in [1.54, 1.807) is 0 Å². The zero-order chi connectivity index (χ0) is 24.5. The number of sulfone groups is 1. The van der Waals surface area contributed by atoms with Crippen molar-refractivity contribution in [3.8, 4) is 0 Å². The van der Waals surface area contributed by atoms with Gasteiger partial charge in [-0.15, -0.1) is 0 Å². The first kappa shape index (κ1) is 24.4. The molecule has 182 valence electrons. The highest BCUT2D eigenvalue weighted by Crippen LogP contribution is 2.36. The number of allylic oxidation sites excluding steroid dienone is 1. The number of hydrogen-bond acceptors (Lipinski definition) is 7. The molecule has 3 N–H and O–H groups in total. The van der Waals surface area contributed by atoms with E-state index in [2.05, 4.69) is 15.3 Å². The number of aromatic nitrogens is 2. The number of hydrogen-bond donors (Lipinski definition) is 3. The average Bonchev–Trinajstić information content (AvgIpc) is 3.64. The number of aliphatic hydroxyl groups excluding tert-OH is 2. The van der Waals surface area contributed by atoms with Crippen LogP contribution in [0.15, 0.2) is 47.6 Å². The van der Waals surface area contributed by atoms with E-state index in [0.717, 1.165) is 0 Å². The summed E-state index contributed by atoms with van der Waals surface area (Å²) in [6, 6.07) is 5.86. The second-order valence-corrected chi connectivity index (χ2v) is 10.8. The number of anilines is 1. The number of nitrogens with zero attached hydrogens (tertiary/aromatic N) is 2. The van der Waals surface area contributed by atoms with Crippen molar-refractivity contribution in [2.45, 2.75) is 54.3 Å². The van der Waals surface area contributed by atoms with Crippen LogP contribution in [0, 0.1) is 5.92 Å². The number of benzene rings is 1. The summed E-state index contributed by atoms with van der Waals surface area (Å²) in [4.78, 5) is 21.2. The number of aliphatic hydroxyl groups is 2. The lowest BCUT2D eigenvalue weighted by molar-refractivity contribution is -0.111. The van der Waals surface area contributed by atoms with E-state index in [1.807, 2.05) is 0 Å². The third-order valence-corrected chi connectivity index (χ3v) is 8.26. The molecule has 1 unspecified atom stereocenters. The van der Waals surface area contributed by atoms with E-state index in [4.69, 9.17) is 5.11 Å². The van der Waals surface area contributed by atoms with Gasteiger partial charge in [0.1, 0.15) is 18.4 Å². The minimum atomic E-state index is -3.40. The maximum Gasteiger partial charge on any atom is 0.257 e. The summed E-state index contributed by atoms with van der Waals surface area (Å²) in [5, 5.41) is 20.8. The molecule has 0 radical (unpaired) electrons. The highest BCUT2D eigenvalue weighted by molar-refractivity contribution is 7.92. The van der Waals surface area contributed by atoms with E-state index in [-0.39, 0.29) is 40.1 Å². The highest BCUT2D eigenvalue weighted by atomic mass is 32.2. The van der Waals surface area contributed by atoms with Crippen molar-refractivity contribution in [3.63, 3.8) is 0 Å². The summed E-state index contributed by atoms with van der Waals surface area (Å²) < 4.78 is 52.4. The lowest BCUT2D eigenvalue weighted by Crippen LogP contribution is -2.16. The second-order valence-electron chi connectivity index (χ2n) is 8.59. The average molecular weight is 494 g/mol. The first-order valence-corrected chi connectivity index (χ1v) is 12.5. The zero-order valence-corrected chi connectivity index (χ0v) is 19.0. The van der Waals surface area contributed by atoms with E-state index in [9.17, 15) is 27.1 Å². The molecular weight excluding hydrogens is 468 g/mol. The molecule has 2 fully saturated rings. The van der Waals surface area contributed by atoms with Crippen molar-refractivity contribution in [2.75, 3.05) is 11.9 Å². The zero-order valence-electron chi connectivity index (χ0n) is 18.1. The van der Waals surface area contributed by atoms with Crippen LogP contribution in [0.3, 0.4) is 0 Å². The van der Waals surface area contributed by atoms with Gasteiger partial charge in [0.05, 0.1) is 34.8 Å². The van der Waals surface area contributed by atoms with Gasteiger partial charge in [-0.3, -0.25) is 9.78 Å². The molecule has 2 aliphatic carbocycles. The van der Waals surface area contributed by atoms with Gasteiger partial charge >= 0.3 is 0 Å². The maximum atomic E-state index is 13.7. The van der Waals surface area contributed by atoms with Crippen molar-refractivity contribution in [1.29, 1.82) is 0 Å². The number of carbonyl (C=O) groups is 1. The van der Waals surface area contributed by atoms with Gasteiger partial charge in [-0.05, 0) is 49.3 Å². The minimum Gasteiger partial charge on any atom is -0.393 e. The molecule has 8 nitrogen and oxygen atoms in total. The molecule has 4 atom stereocenters. The Morgan fingerprint density at radius 3 is 2.29 bits per heavy atom. The largest absolute Gasteiger partial charge is 0.393 e. The number of nitrogens with one attached hydrogen (secondary N) is 1. The van der Waals surface area contributed by atoms with E-state index in [1.165, 1.54) is 42.7 Å². The number of amides is 1. The predicted octanol–water partition coefficient (Wildman–Crippen LogP) is 2.55. The quantitative estimate of drug-likeness (QED) is 0.482. The van der Waals surface area contributed by atoms with Crippen molar-refractivity contribution in [1.82, 2.24) is 9.97 Å². The molecule has 1 aromatic heterocycles. The Morgan fingerprint density at radius 1 is 1.12 bits per heavy atom. The van der Waals surface area contributed by atoms with Gasteiger partial charge in [0.15, 0.2) is 15.7 Å². The molecule has 4 rings (SSSR count). The third-order valence-electron chi connectivity index (χ3n) is 5.98. The normalized spacial score (nSPS) is 24.1. The van der Waals surface area contributed by atoms with E-state index in [0.29, 0.717) is 18.4 Å². The molecule has 1 aromatic carbocycles. The molecule has 2 saturated carbocycles. The molecule has 1 heterocycles. The van der Waals surface area contributed by atoms with Crippen molar-refractivity contribution < 1.29 is 32.2 Å². The predicted molar refractivity (Wildman–Crippen MR) is 120 cm³/mol. The minimum absolute atomic E-state index is 0.0559. The molecule has 1 amide bonds. The summed E-state index contributed by atoms with van der Waals surface area (Å²) in [5.41, 5.74) is 0.644. The summed E-state index contributed by atoms with van der Waals surface area (Å²) >= 11 is 0. The smallest absolute Gasteiger partial charge is 0.257 e. The Bertz CT molecular complexity index is 1160. The lowest BCUT2D eigenvalue weighted by atomic mass is 9.98. The Morgan fingerprint density at radius 2 is 1.76 bits per heavy atom. The Hall–Kier alpha value is -2.76. The molecule has 11 heteroatoms. The number of alkyl halides is 2. The molecule has 0 aliphatic heterocycles. The maximum absolute atomic E-state index is 13.7. The molecule has 0 bridgehead atoms. The standard InChI is InChI=1S/C23H25F2N3O5S/c24-18-8-13(9-19(18)25)7-17(14-1-3-15(4-2-14)34(32,33)16-5-6-16)23(31)28-22-11-26-20(10-27-22)21(30)12-29/h1-4,7,10-11,13,16,18-19,21,29-30H,5-6,8-9,12H2,(H,27,28,31)/b17-7+/t13-,18+,19-,21?. The van der Waals surface area contributed by atoms with Crippen LogP contribution in [0.5, 0.6) is 0 Å². The monoisotopic (exact) mass is 493 g/mol. The van der Waals surface area contributed by atoms with Gasteiger partial charge in [-0.2, -0.15) is 0 Å². The number of halogens is 2. The Balaban J connectivity index is 1.60. The van der Waals surface area contributed by atoms with Gasteiger partial charge < -0.3 is 15.5 Å². The fourth-order valence-electron chi connectivity index (χ4n) is 3.89. The lowest BCUT2D eigenvalue weighted by Gasteiger charge is -2.13. The first-order valence-electron chi connectivity index (χ1n) is 11.0. The first-order chi connectivity index (χ1) is 16.2. The number of rotatable bonds is 8. The topological polar surface area (TPSA) is 129 Å². The molecule has 2 aromatic rings. The summed E-state index contributed by atoms with van der Waals surface area (Å²) in [6.45, 7) is -0.535. The van der Waals surface area contributed by atoms with Crippen molar-refractivity contribution >= 4 is 27.1 Å². The van der Waals surface area contributed by atoms with Crippen LogP contribution >= 0.6 is 0 Å². The molecule has 0 spiro atoms. The molecule has 34 heavy (non-hydrogen) atoms. The fraction of sp³-hybridized carbons (Fsp3) is 0.435. The second kappa shape index (κ2) is 9.85. The summed E-state index contributed by atoms with van der Waals surface area (Å²) in [7, 11) is -3.40. The van der Waals surface area contributed by atoms with Crippen LogP contribution < -0.4 is 5.32 Å². The van der Waals surface area contributed by atoms with Gasteiger partial charge in [-0.1, -0.05) is 18.2 Å². The van der Waals surface area contributed by atoms with Gasteiger partial charge in [-0.25, -0.2) is 22.2 Å². The SMILES string of the molecule is O=C(Nc1cnc(C(O)CO)cn1)/C(=C/[C@H]1C[C@@H](F)[C@@H](F)C1)c1ccc(S(=O)(=O)C2CC2)cc1. The van der Waals surface area contributed by atoms with Crippen LogP contribution in [0.4, 0.5) is 14.6 Å². The van der Waals surface area contributed by atoms with Crippen LogP contribution in [-0.2, 0) is 14.6 Å². The van der Waals surface area contributed by atoms with Crippen LogP contribution in [0.1, 0.15) is 43.0 Å². The fourth-order valence-corrected chi connectivity index (χ4v) is 5.55. The van der Waals surface area contributed by atoms with E-state index >= 15 is 0 Å². The van der Waals surface area contributed by atoms with Gasteiger partial charge in [0.25, 0.3) is 5.91 Å². The highest BCUT2D eigenvalue weighted by Gasteiger charge is 2.37. The molecule has 2 aliphatic rings. The van der Waals surface area contributed by atoms with Crippen LogP contribution in [0.2, 0.25) is 0 Å². The third kappa shape index (κ3) is 5.31. The summed E-state index contributed by atoms with van der Waals surface area (Å²) in [5.74, 6) is -1.05. The van der Waals surface area contributed by atoms with Crippen LogP contribution in [0.25, 0.3) is 5.57 Å². The molecular formula is C23H25F2N3O5S. The van der Waals surface area contributed by atoms with Crippen molar-refractivity contribution in [2.24, 2.45) is 5.92 Å².